The van der Waals surface area contributed by atoms with Crippen molar-refractivity contribution in [2.24, 2.45) is 0 Å². The van der Waals surface area contributed by atoms with Crippen LogP contribution in [-0.2, 0) is 16.1 Å². The SMILES string of the molecule is CCOc1c(OC)ccc(-c2cccc3c2CNC3=O)c1OCC(=O)OC(C)CC. The maximum atomic E-state index is 12.2. The number of hydrogen-bond acceptors (Lipinski definition) is 6. The van der Waals surface area contributed by atoms with Gasteiger partial charge in [-0.1, -0.05) is 19.1 Å². The van der Waals surface area contributed by atoms with Crippen LogP contribution in [0.4, 0.5) is 0 Å². The van der Waals surface area contributed by atoms with Gasteiger partial charge in [0.15, 0.2) is 18.1 Å². The van der Waals surface area contributed by atoms with Crippen molar-refractivity contribution in [2.45, 2.75) is 39.8 Å². The molecule has 1 heterocycles. The molecule has 1 aliphatic rings. The van der Waals surface area contributed by atoms with Crippen LogP contribution in [0.15, 0.2) is 30.3 Å². The second-order valence-corrected chi connectivity index (χ2v) is 6.92. The third kappa shape index (κ3) is 4.35. The third-order valence-electron chi connectivity index (χ3n) is 4.96. The molecule has 7 heteroatoms. The molecule has 1 amide bonds. The van der Waals surface area contributed by atoms with Gasteiger partial charge in [0.05, 0.1) is 19.8 Å². The molecule has 0 saturated heterocycles. The van der Waals surface area contributed by atoms with Gasteiger partial charge in [0.25, 0.3) is 5.91 Å². The molecule has 0 aromatic heterocycles. The number of amides is 1. The van der Waals surface area contributed by atoms with Crippen LogP contribution in [0.1, 0.15) is 43.1 Å². The summed E-state index contributed by atoms with van der Waals surface area (Å²) in [5.41, 5.74) is 3.05. The predicted molar refractivity (Wildman–Crippen MR) is 112 cm³/mol. The zero-order valence-electron chi connectivity index (χ0n) is 17.7. The molecule has 1 unspecified atom stereocenters. The Bertz CT molecular complexity index is 940. The number of fused-ring (bicyclic) bond motifs is 1. The lowest BCUT2D eigenvalue weighted by molar-refractivity contribution is -0.150. The van der Waals surface area contributed by atoms with Crippen LogP contribution in [-0.4, -0.2) is 38.3 Å². The van der Waals surface area contributed by atoms with Gasteiger partial charge in [-0.25, -0.2) is 4.79 Å². The number of esters is 1. The molecule has 2 aromatic carbocycles. The van der Waals surface area contributed by atoms with E-state index in [2.05, 4.69) is 5.32 Å². The summed E-state index contributed by atoms with van der Waals surface area (Å²) in [5, 5.41) is 2.85. The summed E-state index contributed by atoms with van der Waals surface area (Å²) in [5.74, 6) is 0.710. The van der Waals surface area contributed by atoms with Crippen molar-refractivity contribution in [1.82, 2.24) is 5.32 Å². The Morgan fingerprint density at radius 2 is 1.83 bits per heavy atom. The second-order valence-electron chi connectivity index (χ2n) is 6.92. The zero-order valence-corrected chi connectivity index (χ0v) is 17.7. The van der Waals surface area contributed by atoms with Gasteiger partial charge in [0.1, 0.15) is 0 Å². The highest BCUT2D eigenvalue weighted by Gasteiger charge is 2.26. The van der Waals surface area contributed by atoms with E-state index in [4.69, 9.17) is 18.9 Å². The third-order valence-corrected chi connectivity index (χ3v) is 4.96. The number of hydrogen-bond donors (Lipinski definition) is 1. The molecule has 30 heavy (non-hydrogen) atoms. The Labute approximate surface area is 176 Å². The first-order chi connectivity index (χ1) is 14.5. The van der Waals surface area contributed by atoms with Crippen molar-refractivity contribution in [3.63, 3.8) is 0 Å². The van der Waals surface area contributed by atoms with Crippen LogP contribution < -0.4 is 19.5 Å². The Kier molecular flexibility index (Phi) is 6.82. The first-order valence-electron chi connectivity index (χ1n) is 10.1. The lowest BCUT2D eigenvalue weighted by Crippen LogP contribution is -2.20. The molecular formula is C23H27NO6. The molecule has 0 saturated carbocycles. The second kappa shape index (κ2) is 9.52. The monoisotopic (exact) mass is 413 g/mol. The van der Waals surface area contributed by atoms with Crippen LogP contribution in [0.5, 0.6) is 17.2 Å². The van der Waals surface area contributed by atoms with Crippen LogP contribution in [0, 0.1) is 0 Å². The predicted octanol–water partition coefficient (Wildman–Crippen LogP) is 3.72. The van der Waals surface area contributed by atoms with E-state index in [1.54, 1.807) is 19.2 Å². The van der Waals surface area contributed by atoms with Crippen molar-refractivity contribution in [3.05, 3.63) is 41.5 Å². The molecule has 0 fully saturated rings. The van der Waals surface area contributed by atoms with E-state index >= 15 is 0 Å². The Hall–Kier alpha value is -3.22. The molecule has 0 aliphatic carbocycles. The number of carbonyl (C=O) groups is 2. The molecule has 1 aliphatic heterocycles. The van der Waals surface area contributed by atoms with E-state index in [1.165, 1.54) is 0 Å². The van der Waals surface area contributed by atoms with Crippen LogP contribution in [0.2, 0.25) is 0 Å². The number of benzene rings is 2. The van der Waals surface area contributed by atoms with Gasteiger partial charge in [-0.2, -0.15) is 0 Å². The van der Waals surface area contributed by atoms with E-state index in [0.717, 1.165) is 17.5 Å². The number of nitrogens with one attached hydrogen (secondary N) is 1. The van der Waals surface area contributed by atoms with Crippen molar-refractivity contribution < 1.29 is 28.5 Å². The minimum absolute atomic E-state index is 0.106. The average molecular weight is 413 g/mol. The van der Waals surface area contributed by atoms with Gasteiger partial charge in [-0.05, 0) is 49.6 Å². The largest absolute Gasteiger partial charge is 0.493 e. The molecule has 2 aromatic rings. The van der Waals surface area contributed by atoms with Crippen LogP contribution in [0.3, 0.4) is 0 Å². The van der Waals surface area contributed by atoms with Gasteiger partial charge < -0.3 is 24.3 Å². The minimum atomic E-state index is -0.462. The highest BCUT2D eigenvalue weighted by atomic mass is 16.6. The number of methoxy groups -OCH3 is 1. The summed E-state index contributed by atoms with van der Waals surface area (Å²) in [6, 6.07) is 9.16. The van der Waals surface area contributed by atoms with E-state index in [0.29, 0.717) is 41.5 Å². The molecule has 3 rings (SSSR count). The van der Waals surface area contributed by atoms with Gasteiger partial charge in [0, 0.05) is 17.7 Å². The van der Waals surface area contributed by atoms with Crippen molar-refractivity contribution in [1.29, 1.82) is 0 Å². The normalized spacial score (nSPS) is 13.3. The number of ether oxygens (including phenoxy) is 4. The van der Waals surface area contributed by atoms with Gasteiger partial charge >= 0.3 is 5.97 Å². The van der Waals surface area contributed by atoms with E-state index in [9.17, 15) is 9.59 Å². The average Bonchev–Trinajstić information content (AvgIpc) is 3.13. The van der Waals surface area contributed by atoms with Crippen LogP contribution in [0.25, 0.3) is 11.1 Å². The summed E-state index contributed by atoms with van der Waals surface area (Å²) in [4.78, 5) is 24.3. The fraction of sp³-hybridized carbons (Fsp3) is 0.391. The first-order valence-corrected chi connectivity index (χ1v) is 10.1. The van der Waals surface area contributed by atoms with Gasteiger partial charge in [-0.3, -0.25) is 4.79 Å². The fourth-order valence-corrected chi connectivity index (χ4v) is 3.32. The molecule has 1 atom stereocenters. The van der Waals surface area contributed by atoms with Gasteiger partial charge in [-0.15, -0.1) is 0 Å². The fourth-order valence-electron chi connectivity index (χ4n) is 3.32. The molecule has 0 spiro atoms. The van der Waals surface area contributed by atoms with Crippen molar-refractivity contribution in [3.8, 4) is 28.4 Å². The molecule has 1 N–H and O–H groups in total. The van der Waals surface area contributed by atoms with Gasteiger partial charge in [0.2, 0.25) is 5.75 Å². The molecule has 160 valence electrons. The summed E-state index contributed by atoms with van der Waals surface area (Å²) in [6.45, 7) is 6.18. The Morgan fingerprint density at radius 1 is 1.07 bits per heavy atom. The van der Waals surface area contributed by atoms with Crippen LogP contribution >= 0.6 is 0 Å². The van der Waals surface area contributed by atoms with Crippen molar-refractivity contribution >= 4 is 11.9 Å². The molecule has 0 radical (unpaired) electrons. The lowest BCUT2D eigenvalue weighted by atomic mass is 9.95. The topological polar surface area (TPSA) is 83.1 Å². The van der Waals surface area contributed by atoms with Crippen molar-refractivity contribution in [2.75, 3.05) is 20.3 Å². The molecular weight excluding hydrogens is 386 g/mol. The standard InChI is InChI=1S/C23H27NO6/c1-5-14(3)30-20(25)13-29-21-16(10-11-19(27-4)22(21)28-6-2)15-8-7-9-17-18(15)12-24-23(17)26/h7-11,14H,5-6,12-13H2,1-4H3,(H,24,26). The lowest BCUT2D eigenvalue weighted by Gasteiger charge is -2.20. The summed E-state index contributed by atoms with van der Waals surface area (Å²) >= 11 is 0. The highest BCUT2D eigenvalue weighted by molar-refractivity contribution is 6.01. The first kappa shape index (κ1) is 21.5. The number of rotatable bonds is 9. The summed E-state index contributed by atoms with van der Waals surface area (Å²) in [7, 11) is 1.54. The maximum Gasteiger partial charge on any atom is 0.344 e. The Balaban J connectivity index is 2.04. The van der Waals surface area contributed by atoms with E-state index < -0.39 is 5.97 Å². The molecule has 0 bridgehead atoms. The summed E-state index contributed by atoms with van der Waals surface area (Å²) in [6.07, 6.45) is 0.532. The zero-order chi connectivity index (χ0) is 21.7. The quantitative estimate of drug-likeness (QED) is 0.631. The summed E-state index contributed by atoms with van der Waals surface area (Å²) < 4.78 is 22.5. The maximum absolute atomic E-state index is 12.2. The Morgan fingerprint density at radius 3 is 2.53 bits per heavy atom. The highest BCUT2D eigenvalue weighted by Crippen LogP contribution is 2.46. The van der Waals surface area contributed by atoms with E-state index in [1.807, 2.05) is 39.0 Å². The molecule has 7 nitrogen and oxygen atoms in total. The number of carbonyl (C=O) groups excluding carboxylic acids is 2. The smallest absolute Gasteiger partial charge is 0.344 e. The van der Waals surface area contributed by atoms with E-state index in [-0.39, 0.29) is 18.6 Å². The minimum Gasteiger partial charge on any atom is -0.493 e.